The maximum Gasteiger partial charge on any atom is 0.573 e. The van der Waals surface area contributed by atoms with E-state index in [0.717, 1.165) is 18.2 Å². The van der Waals surface area contributed by atoms with Gasteiger partial charge in [0.15, 0.2) is 0 Å². The highest BCUT2D eigenvalue weighted by atomic mass is 35.5. The van der Waals surface area contributed by atoms with E-state index in [4.69, 9.17) is 11.6 Å². The summed E-state index contributed by atoms with van der Waals surface area (Å²) in [6.45, 7) is 1.51. The van der Waals surface area contributed by atoms with Gasteiger partial charge >= 0.3 is 12.5 Å². The zero-order chi connectivity index (χ0) is 22.1. The van der Waals surface area contributed by atoms with Gasteiger partial charge in [0.2, 0.25) is 0 Å². The molecule has 1 aliphatic heterocycles. The molecule has 11 heteroatoms. The van der Waals surface area contributed by atoms with Crippen LogP contribution in [0.2, 0.25) is 5.02 Å². The highest BCUT2D eigenvalue weighted by molar-refractivity contribution is 6.30. The van der Waals surface area contributed by atoms with E-state index >= 15 is 0 Å². The van der Waals surface area contributed by atoms with Crippen molar-refractivity contribution >= 4 is 11.6 Å². The number of rotatable bonds is 4. The Hall–Kier alpha value is -2.04. The zero-order valence-corrected chi connectivity index (χ0v) is 16.0. The second-order valence-electron chi connectivity index (χ2n) is 6.63. The summed E-state index contributed by atoms with van der Waals surface area (Å²) < 4.78 is 97.0. The molecule has 2 aromatic carbocycles. The van der Waals surface area contributed by atoms with E-state index in [-0.39, 0.29) is 5.56 Å². The highest BCUT2D eigenvalue weighted by Gasteiger charge is 2.40. The fourth-order valence-electron chi connectivity index (χ4n) is 3.43. The molecule has 0 unspecified atom stereocenters. The molecule has 1 heterocycles. The van der Waals surface area contributed by atoms with Gasteiger partial charge in [-0.3, -0.25) is 4.90 Å². The lowest BCUT2D eigenvalue weighted by Crippen LogP contribution is -2.46. The summed E-state index contributed by atoms with van der Waals surface area (Å²) in [6, 6.07) is 4.67. The Morgan fingerprint density at radius 2 is 1.53 bits per heavy atom. The quantitative estimate of drug-likeness (QED) is 0.624. The average Bonchev–Trinajstić information content (AvgIpc) is 2.65. The summed E-state index contributed by atoms with van der Waals surface area (Å²) in [6.07, 6.45) is -9.77. The molecule has 2 aromatic rings. The van der Waals surface area contributed by atoms with Crippen LogP contribution in [0.3, 0.4) is 0 Å². The van der Waals surface area contributed by atoms with Gasteiger partial charge in [0.1, 0.15) is 11.6 Å². The van der Waals surface area contributed by atoms with E-state index in [1.807, 2.05) is 0 Å². The minimum Gasteiger partial charge on any atom is -0.406 e. The predicted octanol–water partition coefficient (Wildman–Crippen LogP) is 5.39. The maximum atomic E-state index is 14.9. The van der Waals surface area contributed by atoms with Crippen LogP contribution < -0.4 is 10.1 Å². The number of ether oxygens (including phenoxy) is 1. The van der Waals surface area contributed by atoms with Gasteiger partial charge in [-0.2, -0.15) is 13.2 Å². The molecular formula is C19H16ClF7N2O. The lowest BCUT2D eigenvalue weighted by atomic mass is 9.91. The smallest absolute Gasteiger partial charge is 0.406 e. The van der Waals surface area contributed by atoms with Crippen LogP contribution in [0, 0.1) is 5.82 Å². The Bertz CT molecular complexity index is 878. The van der Waals surface area contributed by atoms with E-state index < -0.39 is 46.3 Å². The van der Waals surface area contributed by atoms with E-state index in [9.17, 15) is 30.7 Å². The Labute approximate surface area is 172 Å². The third kappa shape index (κ3) is 5.16. The van der Waals surface area contributed by atoms with Crippen molar-refractivity contribution in [2.75, 3.05) is 26.2 Å². The van der Waals surface area contributed by atoms with Crippen LogP contribution in [0.25, 0.3) is 0 Å². The van der Waals surface area contributed by atoms with Gasteiger partial charge in [-0.1, -0.05) is 23.7 Å². The molecule has 30 heavy (non-hydrogen) atoms. The number of benzene rings is 2. The molecule has 3 rings (SSSR count). The number of piperazine rings is 1. The van der Waals surface area contributed by atoms with Crippen LogP contribution in [0.4, 0.5) is 30.7 Å². The summed E-state index contributed by atoms with van der Waals surface area (Å²) in [7, 11) is 0. The van der Waals surface area contributed by atoms with Gasteiger partial charge in [-0.15, -0.1) is 13.2 Å². The molecule has 0 bridgehead atoms. The Balaban J connectivity index is 2.12. The molecule has 0 saturated carbocycles. The molecule has 164 valence electrons. The van der Waals surface area contributed by atoms with Crippen LogP contribution in [0.15, 0.2) is 36.4 Å². The monoisotopic (exact) mass is 456 g/mol. The summed E-state index contributed by atoms with van der Waals surface area (Å²) >= 11 is 5.79. The second-order valence-corrected chi connectivity index (χ2v) is 7.03. The Kier molecular flexibility index (Phi) is 6.49. The number of hydrogen-bond acceptors (Lipinski definition) is 3. The highest BCUT2D eigenvalue weighted by Crippen LogP contribution is 2.42. The molecule has 0 spiro atoms. The van der Waals surface area contributed by atoms with Crippen molar-refractivity contribution in [1.82, 2.24) is 10.2 Å². The fraction of sp³-hybridized carbons (Fsp3) is 0.368. The normalized spacial score (nSPS) is 17.1. The SMILES string of the molecule is Fc1c(Cl)ccc(C(F)(F)F)c1[C@H](c1ccc(OC(F)(F)F)cc1)N1CCNCC1. The summed E-state index contributed by atoms with van der Waals surface area (Å²) in [5.41, 5.74) is -1.68. The lowest BCUT2D eigenvalue weighted by Gasteiger charge is -2.37. The first kappa shape index (κ1) is 22.6. The Morgan fingerprint density at radius 3 is 2.07 bits per heavy atom. The zero-order valence-electron chi connectivity index (χ0n) is 15.2. The molecule has 1 N–H and O–H groups in total. The van der Waals surface area contributed by atoms with Crippen LogP contribution in [-0.2, 0) is 6.18 Å². The molecule has 1 fully saturated rings. The number of halogens is 8. The Morgan fingerprint density at radius 1 is 0.933 bits per heavy atom. The first-order chi connectivity index (χ1) is 14.0. The third-order valence-electron chi connectivity index (χ3n) is 4.66. The molecule has 1 aliphatic rings. The third-order valence-corrected chi connectivity index (χ3v) is 4.95. The molecule has 0 radical (unpaired) electrons. The number of alkyl halides is 6. The lowest BCUT2D eigenvalue weighted by molar-refractivity contribution is -0.274. The minimum atomic E-state index is -4.91. The molecule has 0 amide bonds. The molecular weight excluding hydrogens is 441 g/mol. The summed E-state index contributed by atoms with van der Waals surface area (Å²) in [4.78, 5) is 1.63. The van der Waals surface area contributed by atoms with Gasteiger partial charge in [-0.05, 0) is 29.8 Å². The largest absolute Gasteiger partial charge is 0.573 e. The van der Waals surface area contributed by atoms with E-state index in [0.29, 0.717) is 32.2 Å². The fourth-order valence-corrected chi connectivity index (χ4v) is 3.60. The van der Waals surface area contributed by atoms with Crippen LogP contribution >= 0.6 is 11.6 Å². The van der Waals surface area contributed by atoms with Gasteiger partial charge in [0.25, 0.3) is 0 Å². The van der Waals surface area contributed by atoms with Gasteiger partial charge in [-0.25, -0.2) is 4.39 Å². The first-order valence-corrected chi connectivity index (χ1v) is 9.21. The van der Waals surface area contributed by atoms with E-state index in [1.165, 1.54) is 12.1 Å². The molecule has 1 saturated heterocycles. The van der Waals surface area contributed by atoms with Crippen molar-refractivity contribution in [3.05, 3.63) is 63.9 Å². The van der Waals surface area contributed by atoms with Crippen molar-refractivity contribution in [2.45, 2.75) is 18.6 Å². The standard InChI is InChI=1S/C19H16ClF7N2O/c20-14-6-5-13(18(22,23)24)15(16(14)21)17(29-9-7-28-8-10-29)11-1-3-12(4-2-11)30-19(25,26)27/h1-6,17,28H,7-10H2/t17-/m0/s1. The second kappa shape index (κ2) is 8.60. The number of hydrogen-bond donors (Lipinski definition) is 1. The van der Waals surface area contributed by atoms with Crippen LogP contribution in [0.5, 0.6) is 5.75 Å². The van der Waals surface area contributed by atoms with E-state index in [1.54, 1.807) is 4.90 Å². The average molecular weight is 457 g/mol. The van der Waals surface area contributed by atoms with Gasteiger partial charge in [0.05, 0.1) is 16.6 Å². The van der Waals surface area contributed by atoms with Gasteiger partial charge in [0, 0.05) is 31.7 Å². The van der Waals surface area contributed by atoms with Crippen molar-refractivity contribution in [2.24, 2.45) is 0 Å². The number of nitrogens with zero attached hydrogens (tertiary/aromatic N) is 1. The van der Waals surface area contributed by atoms with Crippen LogP contribution in [-0.4, -0.2) is 37.4 Å². The summed E-state index contributed by atoms with van der Waals surface area (Å²) in [5, 5.41) is 2.57. The van der Waals surface area contributed by atoms with Gasteiger partial charge < -0.3 is 10.1 Å². The van der Waals surface area contributed by atoms with E-state index in [2.05, 4.69) is 10.1 Å². The number of nitrogens with one attached hydrogen (secondary N) is 1. The van der Waals surface area contributed by atoms with Crippen molar-refractivity contribution < 1.29 is 35.5 Å². The van der Waals surface area contributed by atoms with Crippen molar-refractivity contribution in [3.63, 3.8) is 0 Å². The summed E-state index contributed by atoms with van der Waals surface area (Å²) in [5.74, 6) is -1.75. The van der Waals surface area contributed by atoms with Crippen molar-refractivity contribution in [1.29, 1.82) is 0 Å². The molecule has 1 atom stereocenters. The topological polar surface area (TPSA) is 24.5 Å². The van der Waals surface area contributed by atoms with Crippen molar-refractivity contribution in [3.8, 4) is 5.75 Å². The molecule has 0 aliphatic carbocycles. The predicted molar refractivity (Wildman–Crippen MR) is 95.8 cm³/mol. The molecule has 3 nitrogen and oxygen atoms in total. The first-order valence-electron chi connectivity index (χ1n) is 8.83. The maximum absolute atomic E-state index is 14.9. The minimum absolute atomic E-state index is 0.179. The van der Waals surface area contributed by atoms with Crippen LogP contribution in [0.1, 0.15) is 22.7 Å². The molecule has 0 aromatic heterocycles.